The Bertz CT molecular complexity index is 1100. The number of carbonyl (C=O) groups excluding carboxylic acids is 1. The van der Waals surface area contributed by atoms with Crippen molar-refractivity contribution in [1.82, 2.24) is 10.2 Å². The largest absolute Gasteiger partial charge is 0.478 e. The van der Waals surface area contributed by atoms with Gasteiger partial charge in [-0.25, -0.2) is 22.0 Å². The number of halogens is 2. The topological polar surface area (TPSA) is 125 Å². The number of aromatic carboxylic acids is 1. The highest BCUT2D eigenvalue weighted by molar-refractivity contribution is 7.92. The van der Waals surface area contributed by atoms with Crippen molar-refractivity contribution in [1.29, 1.82) is 0 Å². The fourth-order valence-electron chi connectivity index (χ4n) is 3.03. The van der Waals surface area contributed by atoms with E-state index in [-0.39, 0.29) is 16.4 Å². The lowest BCUT2D eigenvalue weighted by Gasteiger charge is -2.26. The second kappa shape index (κ2) is 10.0. The molecule has 2 aromatic rings. The lowest BCUT2D eigenvalue weighted by atomic mass is 10.2. The molecule has 0 radical (unpaired) electrons. The Balaban J connectivity index is 1.63. The Kier molecular flexibility index (Phi) is 7.38. The molecule has 0 bridgehead atoms. The van der Waals surface area contributed by atoms with Gasteiger partial charge >= 0.3 is 5.97 Å². The number of carboxylic acids is 1. The van der Waals surface area contributed by atoms with Gasteiger partial charge in [-0.1, -0.05) is 0 Å². The van der Waals surface area contributed by atoms with Gasteiger partial charge < -0.3 is 15.2 Å². The minimum absolute atomic E-state index is 0.231. The van der Waals surface area contributed by atoms with E-state index in [0.29, 0.717) is 38.4 Å². The van der Waals surface area contributed by atoms with Gasteiger partial charge in [-0.05, 0) is 30.3 Å². The minimum Gasteiger partial charge on any atom is -0.478 e. The van der Waals surface area contributed by atoms with E-state index in [1.165, 1.54) is 12.1 Å². The Morgan fingerprint density at radius 1 is 1.06 bits per heavy atom. The first-order chi connectivity index (χ1) is 15.2. The molecular formula is C20H21F2N3O6S. The van der Waals surface area contributed by atoms with Crippen molar-refractivity contribution in [3.8, 4) is 0 Å². The molecule has 1 saturated heterocycles. The van der Waals surface area contributed by atoms with Crippen molar-refractivity contribution in [2.45, 2.75) is 4.90 Å². The van der Waals surface area contributed by atoms with Gasteiger partial charge in [0.25, 0.3) is 15.9 Å². The number of morpholine rings is 1. The molecule has 0 unspecified atom stereocenters. The van der Waals surface area contributed by atoms with Crippen molar-refractivity contribution < 1.29 is 36.6 Å². The molecule has 3 rings (SSSR count). The van der Waals surface area contributed by atoms with Gasteiger partial charge in [0.2, 0.25) is 0 Å². The fourth-order valence-corrected chi connectivity index (χ4v) is 4.09. The summed E-state index contributed by atoms with van der Waals surface area (Å²) in [7, 11) is -4.31. The zero-order valence-corrected chi connectivity index (χ0v) is 17.6. The van der Waals surface area contributed by atoms with Crippen LogP contribution in [0, 0.1) is 11.6 Å². The van der Waals surface area contributed by atoms with Crippen LogP contribution < -0.4 is 10.0 Å². The van der Waals surface area contributed by atoms with Crippen LogP contribution in [-0.2, 0) is 14.8 Å². The zero-order valence-electron chi connectivity index (χ0n) is 16.8. The van der Waals surface area contributed by atoms with Gasteiger partial charge in [-0.2, -0.15) is 0 Å². The number of rotatable bonds is 8. The molecule has 1 heterocycles. The van der Waals surface area contributed by atoms with E-state index in [1.807, 2.05) is 4.72 Å². The molecule has 1 amide bonds. The summed E-state index contributed by atoms with van der Waals surface area (Å²) in [6.45, 7) is 3.96. The number of carbonyl (C=O) groups is 2. The van der Waals surface area contributed by atoms with Gasteiger partial charge in [0, 0.05) is 37.8 Å². The average Bonchev–Trinajstić information content (AvgIpc) is 2.76. The summed E-state index contributed by atoms with van der Waals surface area (Å²) in [6.07, 6.45) is 0. The molecule has 1 aliphatic heterocycles. The second-order valence-corrected chi connectivity index (χ2v) is 8.64. The van der Waals surface area contributed by atoms with Crippen LogP contribution >= 0.6 is 0 Å². The third-order valence-electron chi connectivity index (χ3n) is 4.78. The number of nitrogens with one attached hydrogen (secondary N) is 2. The van der Waals surface area contributed by atoms with E-state index in [9.17, 15) is 26.8 Å². The van der Waals surface area contributed by atoms with Crippen molar-refractivity contribution in [3.05, 3.63) is 59.2 Å². The Hall–Kier alpha value is -3.09. The van der Waals surface area contributed by atoms with Crippen molar-refractivity contribution in [2.24, 2.45) is 0 Å². The van der Waals surface area contributed by atoms with Gasteiger partial charge in [0.05, 0.1) is 29.4 Å². The summed E-state index contributed by atoms with van der Waals surface area (Å²) < 4.78 is 59.9. The van der Waals surface area contributed by atoms with Gasteiger partial charge in [0.1, 0.15) is 11.6 Å². The maximum Gasteiger partial charge on any atom is 0.338 e. The first-order valence-corrected chi connectivity index (χ1v) is 11.1. The maximum atomic E-state index is 14.0. The number of ether oxygens (including phenoxy) is 1. The number of hydrogen-bond acceptors (Lipinski definition) is 6. The lowest BCUT2D eigenvalue weighted by molar-refractivity contribution is 0.0383. The highest BCUT2D eigenvalue weighted by Crippen LogP contribution is 2.23. The molecule has 0 saturated carbocycles. The molecule has 0 aromatic heterocycles. The van der Waals surface area contributed by atoms with Crippen molar-refractivity contribution in [3.63, 3.8) is 0 Å². The molecule has 9 nitrogen and oxygen atoms in total. The third kappa shape index (κ3) is 5.78. The molecule has 1 aliphatic rings. The number of benzene rings is 2. The molecule has 2 aromatic carbocycles. The average molecular weight is 469 g/mol. The first-order valence-electron chi connectivity index (χ1n) is 9.61. The van der Waals surface area contributed by atoms with Gasteiger partial charge in [0.15, 0.2) is 0 Å². The Morgan fingerprint density at radius 3 is 2.34 bits per heavy atom. The summed E-state index contributed by atoms with van der Waals surface area (Å²) in [5.41, 5.74) is -1.43. The first kappa shape index (κ1) is 23.6. The van der Waals surface area contributed by atoms with Crippen molar-refractivity contribution in [2.75, 3.05) is 44.1 Å². The Morgan fingerprint density at radius 2 is 1.72 bits per heavy atom. The van der Waals surface area contributed by atoms with Crippen LogP contribution in [0.25, 0.3) is 0 Å². The van der Waals surface area contributed by atoms with E-state index < -0.39 is 38.9 Å². The smallest absolute Gasteiger partial charge is 0.338 e. The zero-order chi connectivity index (χ0) is 23.3. The SMILES string of the molecule is O=C(NCCN1CCOCC1)c1ccc(S(=O)(=O)Nc2cc(F)c(C(=O)O)cc2F)cc1. The quantitative estimate of drug-likeness (QED) is 0.535. The van der Waals surface area contributed by atoms with E-state index in [2.05, 4.69) is 10.2 Å². The van der Waals surface area contributed by atoms with Crippen LogP contribution in [0.15, 0.2) is 41.3 Å². The highest BCUT2D eigenvalue weighted by Gasteiger charge is 2.21. The number of nitrogens with zero attached hydrogens (tertiary/aromatic N) is 1. The number of sulfonamides is 1. The molecule has 1 fully saturated rings. The Labute approximate surface area is 183 Å². The molecule has 0 spiro atoms. The van der Waals surface area contributed by atoms with Crippen LogP contribution in [0.3, 0.4) is 0 Å². The highest BCUT2D eigenvalue weighted by atomic mass is 32.2. The summed E-state index contributed by atoms with van der Waals surface area (Å²) in [5.74, 6) is -4.61. The number of anilines is 1. The lowest BCUT2D eigenvalue weighted by Crippen LogP contribution is -2.41. The monoisotopic (exact) mass is 469 g/mol. The standard InChI is InChI=1S/C20H21F2N3O6S/c21-16-12-18(17(22)11-15(16)20(27)28)24-32(29,30)14-3-1-13(2-4-14)19(26)23-5-6-25-7-9-31-10-8-25/h1-4,11-12,24H,5-10H2,(H,23,26)(H,27,28). The van der Waals surface area contributed by atoms with E-state index in [1.54, 1.807) is 0 Å². The predicted molar refractivity (Wildman–Crippen MR) is 110 cm³/mol. The normalized spacial score (nSPS) is 14.7. The molecule has 3 N–H and O–H groups in total. The molecule has 32 heavy (non-hydrogen) atoms. The minimum atomic E-state index is -4.31. The van der Waals surface area contributed by atoms with Gasteiger partial charge in [-0.15, -0.1) is 0 Å². The number of carboxylic acid groups (broad SMARTS) is 1. The molecular weight excluding hydrogens is 448 g/mol. The summed E-state index contributed by atoms with van der Waals surface area (Å²) >= 11 is 0. The molecule has 172 valence electrons. The van der Waals surface area contributed by atoms with Crippen LogP contribution in [0.4, 0.5) is 14.5 Å². The van der Waals surface area contributed by atoms with Crippen molar-refractivity contribution >= 4 is 27.6 Å². The second-order valence-electron chi connectivity index (χ2n) is 6.96. The van der Waals surface area contributed by atoms with Gasteiger partial charge in [-0.3, -0.25) is 14.4 Å². The molecule has 12 heteroatoms. The summed E-state index contributed by atoms with van der Waals surface area (Å²) in [5, 5.41) is 11.5. The summed E-state index contributed by atoms with van der Waals surface area (Å²) in [6, 6.07) is 5.73. The summed E-state index contributed by atoms with van der Waals surface area (Å²) in [4.78, 5) is 25.0. The number of amides is 1. The van der Waals surface area contributed by atoms with E-state index >= 15 is 0 Å². The van der Waals surface area contributed by atoms with Crippen LogP contribution in [0.5, 0.6) is 0 Å². The number of hydrogen-bond donors (Lipinski definition) is 3. The predicted octanol–water partition coefficient (Wildman–Crippen LogP) is 1.53. The van der Waals surface area contributed by atoms with E-state index in [4.69, 9.17) is 9.84 Å². The van der Waals surface area contributed by atoms with Crippen LogP contribution in [-0.4, -0.2) is 69.7 Å². The maximum absolute atomic E-state index is 14.0. The molecule has 0 atom stereocenters. The third-order valence-corrected chi connectivity index (χ3v) is 6.16. The van der Waals surface area contributed by atoms with E-state index in [0.717, 1.165) is 25.2 Å². The fraction of sp³-hybridized carbons (Fsp3) is 0.300. The van der Waals surface area contributed by atoms with Crippen LogP contribution in [0.2, 0.25) is 0 Å². The molecule has 0 aliphatic carbocycles. The van der Waals surface area contributed by atoms with Crippen LogP contribution in [0.1, 0.15) is 20.7 Å².